The summed E-state index contributed by atoms with van der Waals surface area (Å²) in [6.45, 7) is 11.1. The van der Waals surface area contributed by atoms with Crippen molar-refractivity contribution in [1.82, 2.24) is 9.80 Å². The Morgan fingerprint density at radius 1 is 1.09 bits per heavy atom. The molecule has 1 aliphatic rings. The minimum atomic E-state index is -0.111. The number of benzene rings is 1. The molecule has 0 aromatic heterocycles. The van der Waals surface area contributed by atoms with Crippen LogP contribution < -0.4 is 10.5 Å². The van der Waals surface area contributed by atoms with Gasteiger partial charge < -0.3 is 10.5 Å². The Bertz CT molecular complexity index is 426. The van der Waals surface area contributed by atoms with Crippen molar-refractivity contribution < 1.29 is 4.74 Å². The molecule has 6 heteroatoms. The van der Waals surface area contributed by atoms with Crippen molar-refractivity contribution in [2.24, 2.45) is 5.73 Å². The molecule has 1 aromatic carbocycles. The van der Waals surface area contributed by atoms with Crippen LogP contribution in [0.5, 0.6) is 5.75 Å². The van der Waals surface area contributed by atoms with Crippen LogP contribution in [0.15, 0.2) is 24.3 Å². The lowest BCUT2D eigenvalue weighted by molar-refractivity contribution is 0.104. The summed E-state index contributed by atoms with van der Waals surface area (Å²) in [6.07, 6.45) is 0. The van der Waals surface area contributed by atoms with Gasteiger partial charge in [0, 0.05) is 49.8 Å². The van der Waals surface area contributed by atoms with E-state index in [2.05, 4.69) is 23.6 Å². The molecule has 1 aromatic rings. The molecule has 1 saturated heterocycles. The summed E-state index contributed by atoms with van der Waals surface area (Å²) in [5.74, 6) is 0.878. The normalized spacial score (nSPS) is 17.1. The molecular weight excluding hydrogens is 321 g/mol. The van der Waals surface area contributed by atoms with E-state index in [0.717, 1.165) is 50.0 Å². The number of hydrogen-bond donors (Lipinski definition) is 1. The zero-order valence-corrected chi connectivity index (χ0v) is 15.0. The van der Waals surface area contributed by atoms with E-state index in [1.165, 1.54) is 0 Å². The summed E-state index contributed by atoms with van der Waals surface area (Å²) in [4.78, 5) is 4.88. The highest BCUT2D eigenvalue weighted by atomic mass is 35.5. The molecule has 126 valence electrons. The molecule has 22 heavy (non-hydrogen) atoms. The fourth-order valence-corrected chi connectivity index (χ4v) is 2.70. The number of hydrogen-bond acceptors (Lipinski definition) is 4. The van der Waals surface area contributed by atoms with Gasteiger partial charge in [-0.1, -0.05) is 11.6 Å². The minimum Gasteiger partial charge on any atom is -0.492 e. The number of nitrogens with two attached hydrogens (primary N) is 1. The van der Waals surface area contributed by atoms with Gasteiger partial charge in [0.1, 0.15) is 12.4 Å². The van der Waals surface area contributed by atoms with Crippen LogP contribution in [0.25, 0.3) is 0 Å². The summed E-state index contributed by atoms with van der Waals surface area (Å²) in [5, 5.41) is 0.737. The number of halogens is 2. The van der Waals surface area contributed by atoms with Gasteiger partial charge in [0.25, 0.3) is 0 Å². The Morgan fingerprint density at radius 3 is 2.18 bits per heavy atom. The third-order valence-electron chi connectivity index (χ3n) is 3.59. The summed E-state index contributed by atoms with van der Waals surface area (Å²) >= 11 is 5.85. The molecule has 4 nitrogen and oxygen atoms in total. The predicted molar refractivity (Wildman–Crippen MR) is 95.3 cm³/mol. The Balaban J connectivity index is 0.00000242. The average Bonchev–Trinajstić information content (AvgIpc) is 2.41. The van der Waals surface area contributed by atoms with Crippen LogP contribution in [0.3, 0.4) is 0 Å². The first kappa shape index (κ1) is 19.5. The summed E-state index contributed by atoms with van der Waals surface area (Å²) in [6, 6.07) is 7.52. The standard InChI is InChI=1S/C16H26ClN3O.ClH/c1-16(2,18)13-20-9-7-19(8-10-20)11-12-21-15-5-3-14(17)4-6-15;/h3-6H,7-13,18H2,1-2H3;1H. The molecule has 2 N–H and O–H groups in total. The van der Waals surface area contributed by atoms with Crippen molar-refractivity contribution in [3.63, 3.8) is 0 Å². The van der Waals surface area contributed by atoms with Crippen LogP contribution >= 0.6 is 24.0 Å². The van der Waals surface area contributed by atoms with Crippen molar-refractivity contribution in [1.29, 1.82) is 0 Å². The summed E-state index contributed by atoms with van der Waals surface area (Å²) in [7, 11) is 0. The second kappa shape index (κ2) is 8.94. The van der Waals surface area contributed by atoms with Crippen molar-refractivity contribution in [2.45, 2.75) is 19.4 Å². The first-order valence-electron chi connectivity index (χ1n) is 7.54. The maximum absolute atomic E-state index is 6.07. The lowest BCUT2D eigenvalue weighted by Crippen LogP contribution is -2.53. The van der Waals surface area contributed by atoms with E-state index in [-0.39, 0.29) is 17.9 Å². The third-order valence-corrected chi connectivity index (χ3v) is 3.84. The molecular formula is C16H27Cl2N3O. The van der Waals surface area contributed by atoms with Crippen LogP contribution in [-0.4, -0.2) is 61.2 Å². The van der Waals surface area contributed by atoms with Crippen LogP contribution in [-0.2, 0) is 0 Å². The van der Waals surface area contributed by atoms with Gasteiger partial charge in [0.15, 0.2) is 0 Å². The smallest absolute Gasteiger partial charge is 0.119 e. The monoisotopic (exact) mass is 347 g/mol. The Labute approximate surface area is 145 Å². The van der Waals surface area contributed by atoms with Crippen LogP contribution in [0.2, 0.25) is 5.02 Å². The highest BCUT2D eigenvalue weighted by molar-refractivity contribution is 6.30. The lowest BCUT2D eigenvalue weighted by Gasteiger charge is -2.37. The molecule has 1 heterocycles. The minimum absolute atomic E-state index is 0. The lowest BCUT2D eigenvalue weighted by atomic mass is 10.1. The number of rotatable bonds is 6. The van der Waals surface area contributed by atoms with Gasteiger partial charge in [-0.05, 0) is 38.1 Å². The first-order chi connectivity index (χ1) is 9.92. The fourth-order valence-electron chi connectivity index (χ4n) is 2.57. The fraction of sp³-hybridized carbons (Fsp3) is 0.625. The molecule has 1 fully saturated rings. The molecule has 0 spiro atoms. The second-order valence-corrected chi connectivity index (χ2v) is 6.85. The van der Waals surface area contributed by atoms with E-state index in [1.54, 1.807) is 0 Å². The number of nitrogens with zero attached hydrogens (tertiary/aromatic N) is 2. The van der Waals surface area contributed by atoms with Crippen molar-refractivity contribution in [3.8, 4) is 5.75 Å². The topological polar surface area (TPSA) is 41.7 Å². The molecule has 0 radical (unpaired) electrons. The molecule has 1 aliphatic heterocycles. The first-order valence-corrected chi connectivity index (χ1v) is 7.92. The van der Waals surface area contributed by atoms with Crippen molar-refractivity contribution in [3.05, 3.63) is 29.3 Å². The molecule has 0 aliphatic carbocycles. The average molecular weight is 348 g/mol. The van der Waals surface area contributed by atoms with Gasteiger partial charge in [-0.15, -0.1) is 12.4 Å². The largest absolute Gasteiger partial charge is 0.492 e. The van der Waals surface area contributed by atoms with Crippen LogP contribution in [0.1, 0.15) is 13.8 Å². The SMILES string of the molecule is CC(C)(N)CN1CCN(CCOc2ccc(Cl)cc2)CC1.Cl. The maximum atomic E-state index is 6.07. The highest BCUT2D eigenvalue weighted by Gasteiger charge is 2.21. The Kier molecular flexibility index (Phi) is 7.94. The molecule has 2 rings (SSSR count). The number of piperazine rings is 1. The second-order valence-electron chi connectivity index (χ2n) is 6.41. The third kappa shape index (κ3) is 7.16. The summed E-state index contributed by atoms with van der Waals surface area (Å²) in [5.41, 5.74) is 5.96. The zero-order chi connectivity index (χ0) is 15.3. The van der Waals surface area contributed by atoms with Gasteiger partial charge in [0.2, 0.25) is 0 Å². The zero-order valence-electron chi connectivity index (χ0n) is 13.4. The van der Waals surface area contributed by atoms with Gasteiger partial charge in [0.05, 0.1) is 0 Å². The quantitative estimate of drug-likeness (QED) is 0.858. The van der Waals surface area contributed by atoms with E-state index in [9.17, 15) is 0 Å². The maximum Gasteiger partial charge on any atom is 0.119 e. The molecule has 0 atom stereocenters. The molecule has 0 amide bonds. The van der Waals surface area contributed by atoms with E-state index in [1.807, 2.05) is 24.3 Å². The Hall–Kier alpha value is -0.520. The molecule has 0 saturated carbocycles. The molecule has 0 bridgehead atoms. The van der Waals surface area contributed by atoms with Crippen molar-refractivity contribution in [2.75, 3.05) is 45.9 Å². The van der Waals surface area contributed by atoms with E-state index >= 15 is 0 Å². The van der Waals surface area contributed by atoms with Crippen LogP contribution in [0.4, 0.5) is 0 Å². The van der Waals surface area contributed by atoms with Gasteiger partial charge in [-0.25, -0.2) is 0 Å². The number of ether oxygens (including phenoxy) is 1. The van der Waals surface area contributed by atoms with Crippen molar-refractivity contribution >= 4 is 24.0 Å². The van der Waals surface area contributed by atoms with Gasteiger partial charge in [-0.3, -0.25) is 9.80 Å². The van der Waals surface area contributed by atoms with E-state index < -0.39 is 0 Å². The highest BCUT2D eigenvalue weighted by Crippen LogP contribution is 2.15. The van der Waals surface area contributed by atoms with Gasteiger partial charge in [-0.2, -0.15) is 0 Å². The van der Waals surface area contributed by atoms with E-state index in [4.69, 9.17) is 22.1 Å². The summed E-state index contributed by atoms with van der Waals surface area (Å²) < 4.78 is 5.74. The predicted octanol–water partition coefficient (Wildman–Crippen LogP) is 2.50. The molecule has 0 unspecified atom stereocenters. The van der Waals surface area contributed by atoms with Gasteiger partial charge >= 0.3 is 0 Å². The van der Waals surface area contributed by atoms with E-state index in [0.29, 0.717) is 6.61 Å². The van der Waals surface area contributed by atoms with Crippen LogP contribution in [0, 0.1) is 0 Å². The Morgan fingerprint density at radius 2 is 1.64 bits per heavy atom.